The van der Waals surface area contributed by atoms with Crippen molar-refractivity contribution >= 4 is 17.2 Å². The van der Waals surface area contributed by atoms with E-state index in [1.54, 1.807) is 18.5 Å². The molecule has 0 aliphatic heterocycles. The number of aromatic nitrogens is 3. The molecule has 0 fully saturated rings. The summed E-state index contributed by atoms with van der Waals surface area (Å²) in [6.07, 6.45) is 10.5. The van der Waals surface area contributed by atoms with Crippen LogP contribution in [0, 0.1) is 11.8 Å². The van der Waals surface area contributed by atoms with Crippen LogP contribution in [0.2, 0.25) is 0 Å². The highest BCUT2D eigenvalue weighted by Crippen LogP contribution is 2.35. The van der Waals surface area contributed by atoms with Gasteiger partial charge in [0.1, 0.15) is 5.83 Å². The summed E-state index contributed by atoms with van der Waals surface area (Å²) in [6.45, 7) is 0.780. The number of alkyl halides is 1. The van der Waals surface area contributed by atoms with Crippen molar-refractivity contribution < 1.29 is 4.39 Å². The highest BCUT2D eigenvalue weighted by Gasteiger charge is 2.22. The average Bonchev–Trinajstić information content (AvgIpc) is 3.19. The molecule has 4 rings (SSSR count). The van der Waals surface area contributed by atoms with Gasteiger partial charge in [-0.3, -0.25) is 4.98 Å². The Morgan fingerprint density at radius 3 is 2.56 bits per heavy atom. The summed E-state index contributed by atoms with van der Waals surface area (Å²) in [4.78, 5) is 9.11. The number of hydrogen-bond donors (Lipinski definition) is 0. The van der Waals surface area contributed by atoms with Gasteiger partial charge >= 0.3 is 0 Å². The minimum atomic E-state index is -0.0939. The van der Waals surface area contributed by atoms with Crippen molar-refractivity contribution in [2.45, 2.75) is 38.6 Å². The third-order valence-electron chi connectivity index (χ3n) is 5.43. The number of aryl methyl sites for hydroxylation is 1. The average molecular weight is 446 g/mol. The zero-order valence-electron chi connectivity index (χ0n) is 17.9. The summed E-state index contributed by atoms with van der Waals surface area (Å²) in [7, 11) is 0. The van der Waals surface area contributed by atoms with Crippen LogP contribution in [0.25, 0.3) is 16.8 Å². The van der Waals surface area contributed by atoms with Crippen molar-refractivity contribution in [1.82, 2.24) is 14.5 Å². The number of benzene rings is 1. The fourth-order valence-corrected chi connectivity index (χ4v) is 3.97. The molecule has 2 heterocycles. The summed E-state index contributed by atoms with van der Waals surface area (Å²) in [5.41, 5.74) is 5.25. The Labute approximate surface area is 193 Å². The Balaban J connectivity index is 1.76. The molecule has 0 N–H and O–H groups in total. The molecular weight excluding hydrogens is 421 g/mol. The van der Waals surface area contributed by atoms with E-state index in [1.807, 2.05) is 24.3 Å². The first kappa shape index (κ1) is 22.0. The lowest BCUT2D eigenvalue weighted by Gasteiger charge is -2.14. The van der Waals surface area contributed by atoms with Crippen LogP contribution in [0.3, 0.4) is 0 Å². The van der Waals surface area contributed by atoms with Gasteiger partial charge in [0.25, 0.3) is 0 Å². The maximum atomic E-state index is 13.7. The molecule has 0 bridgehead atoms. The predicted octanol–water partition coefficient (Wildman–Crippen LogP) is 6.59. The molecule has 3 nitrogen and oxygen atoms in total. The van der Waals surface area contributed by atoms with Gasteiger partial charge in [0.2, 0.25) is 0 Å². The zero-order chi connectivity index (χ0) is 22.2. The molecule has 32 heavy (non-hydrogen) atoms. The largest absolute Gasteiger partial charge is 0.317 e. The Morgan fingerprint density at radius 1 is 1.03 bits per heavy atom. The maximum absolute atomic E-state index is 13.7. The second kappa shape index (κ2) is 10.9. The van der Waals surface area contributed by atoms with Gasteiger partial charge in [-0.2, -0.15) is 0 Å². The van der Waals surface area contributed by atoms with Crippen LogP contribution in [0.4, 0.5) is 4.39 Å². The molecule has 1 aliphatic rings. The van der Waals surface area contributed by atoms with Gasteiger partial charge in [-0.25, -0.2) is 9.37 Å². The normalized spacial score (nSPS) is 13.2. The molecule has 0 saturated carbocycles. The number of pyridine rings is 1. The number of nitrogens with zero attached hydrogens (tertiary/aromatic N) is 3. The van der Waals surface area contributed by atoms with Crippen LogP contribution in [-0.4, -0.2) is 20.4 Å². The summed E-state index contributed by atoms with van der Waals surface area (Å²) in [5, 5.41) is 0. The zero-order valence-corrected chi connectivity index (χ0v) is 18.7. The number of allylic oxidation sites excluding steroid dienone is 4. The van der Waals surface area contributed by atoms with Crippen LogP contribution in [0.1, 0.15) is 42.8 Å². The van der Waals surface area contributed by atoms with Crippen molar-refractivity contribution in [2.24, 2.45) is 0 Å². The van der Waals surface area contributed by atoms with Crippen LogP contribution < -0.4 is 0 Å². The SMILES string of the molecule is FC1=CC=C(c2nc(C#CCCCl)n(CCCc3ccccc3)c2-c2ccncc2)CC1. The number of hydrogen-bond acceptors (Lipinski definition) is 2. The molecule has 0 spiro atoms. The van der Waals surface area contributed by atoms with E-state index in [0.29, 0.717) is 25.1 Å². The Morgan fingerprint density at radius 2 is 1.84 bits per heavy atom. The van der Waals surface area contributed by atoms with Gasteiger partial charge in [-0.15, -0.1) is 11.6 Å². The molecule has 0 unspecified atom stereocenters. The van der Waals surface area contributed by atoms with Crippen molar-refractivity contribution in [3.8, 4) is 23.1 Å². The summed E-state index contributed by atoms with van der Waals surface area (Å²) < 4.78 is 15.9. The maximum Gasteiger partial charge on any atom is 0.186 e. The second-order valence-corrected chi connectivity index (χ2v) is 8.03. The van der Waals surface area contributed by atoms with E-state index in [9.17, 15) is 4.39 Å². The van der Waals surface area contributed by atoms with E-state index < -0.39 is 0 Å². The number of halogens is 2. The lowest BCUT2D eigenvalue weighted by Crippen LogP contribution is -2.05. The van der Waals surface area contributed by atoms with Gasteiger partial charge < -0.3 is 4.57 Å². The van der Waals surface area contributed by atoms with Crippen molar-refractivity contribution in [3.63, 3.8) is 0 Å². The Bertz CT molecular complexity index is 1170. The molecule has 1 aromatic carbocycles. The van der Waals surface area contributed by atoms with Gasteiger partial charge in [-0.1, -0.05) is 42.3 Å². The molecule has 5 heteroatoms. The summed E-state index contributed by atoms with van der Waals surface area (Å²) in [5.74, 6) is 7.48. The fraction of sp³-hybridized carbons (Fsp3) is 0.259. The minimum Gasteiger partial charge on any atom is -0.317 e. The van der Waals surface area contributed by atoms with Gasteiger partial charge in [0.15, 0.2) is 5.82 Å². The van der Waals surface area contributed by atoms with Crippen molar-refractivity contribution in [2.75, 3.05) is 5.88 Å². The molecule has 0 saturated heterocycles. The van der Waals surface area contributed by atoms with Gasteiger partial charge in [0, 0.05) is 43.2 Å². The van der Waals surface area contributed by atoms with E-state index in [0.717, 1.165) is 47.7 Å². The number of rotatable bonds is 7. The third-order valence-corrected chi connectivity index (χ3v) is 5.62. The van der Waals surface area contributed by atoms with Crippen LogP contribution in [0.5, 0.6) is 0 Å². The van der Waals surface area contributed by atoms with E-state index in [2.05, 4.69) is 45.7 Å². The van der Waals surface area contributed by atoms with E-state index >= 15 is 0 Å². The molecule has 2 aromatic heterocycles. The van der Waals surface area contributed by atoms with Crippen molar-refractivity contribution in [1.29, 1.82) is 0 Å². The lowest BCUT2D eigenvalue weighted by molar-refractivity contribution is 0.590. The predicted molar refractivity (Wildman–Crippen MR) is 129 cm³/mol. The number of imidazole rings is 1. The lowest BCUT2D eigenvalue weighted by atomic mass is 9.98. The van der Waals surface area contributed by atoms with E-state index in [1.165, 1.54) is 5.56 Å². The van der Waals surface area contributed by atoms with E-state index in [4.69, 9.17) is 16.6 Å². The highest BCUT2D eigenvalue weighted by atomic mass is 35.5. The van der Waals surface area contributed by atoms with Crippen LogP contribution in [0.15, 0.2) is 72.8 Å². The first-order valence-electron chi connectivity index (χ1n) is 10.9. The molecular formula is C27H25ClFN3. The topological polar surface area (TPSA) is 30.7 Å². The molecule has 0 amide bonds. The second-order valence-electron chi connectivity index (χ2n) is 7.66. The standard InChI is InChI=1S/C27H25ClFN3/c28-17-5-4-10-25-31-26(22-11-13-24(29)14-12-22)27(23-15-18-30-19-16-23)32(25)20-6-9-21-7-2-1-3-8-21/h1-3,7-8,11,13,15-16,18-19H,5-6,9,12,14,17,20H2. The quantitative estimate of drug-likeness (QED) is 0.303. The third kappa shape index (κ3) is 5.36. The Hall–Kier alpha value is -3.16. The molecule has 162 valence electrons. The van der Waals surface area contributed by atoms with Gasteiger partial charge in [-0.05, 0) is 54.5 Å². The first-order chi connectivity index (χ1) is 15.8. The van der Waals surface area contributed by atoms with E-state index in [-0.39, 0.29) is 5.83 Å². The summed E-state index contributed by atoms with van der Waals surface area (Å²) in [6, 6.07) is 14.5. The molecule has 1 aliphatic carbocycles. The van der Waals surface area contributed by atoms with Crippen LogP contribution in [-0.2, 0) is 13.0 Å². The fourth-order valence-electron chi connectivity index (χ4n) is 3.88. The van der Waals surface area contributed by atoms with Crippen LogP contribution >= 0.6 is 11.6 Å². The monoisotopic (exact) mass is 445 g/mol. The van der Waals surface area contributed by atoms with Gasteiger partial charge in [0.05, 0.1) is 11.4 Å². The highest BCUT2D eigenvalue weighted by molar-refractivity contribution is 6.18. The smallest absolute Gasteiger partial charge is 0.186 e. The molecule has 3 aromatic rings. The Kier molecular flexibility index (Phi) is 7.53. The van der Waals surface area contributed by atoms with Crippen molar-refractivity contribution in [3.05, 3.63) is 89.9 Å². The molecule has 0 atom stereocenters. The minimum absolute atomic E-state index is 0.0939. The molecule has 0 radical (unpaired) electrons. The first-order valence-corrected chi connectivity index (χ1v) is 11.4. The summed E-state index contributed by atoms with van der Waals surface area (Å²) >= 11 is 5.84.